The lowest BCUT2D eigenvalue weighted by molar-refractivity contribution is -0.133. The van der Waals surface area contributed by atoms with Crippen molar-refractivity contribution in [2.75, 3.05) is 0 Å². The molecule has 0 saturated heterocycles. The molecule has 0 fully saturated rings. The van der Waals surface area contributed by atoms with Crippen molar-refractivity contribution in [2.45, 2.75) is 6.42 Å². The quantitative estimate of drug-likeness (QED) is 0.641. The number of allylic oxidation sites excluding steroid dienone is 1. The van der Waals surface area contributed by atoms with Gasteiger partial charge < -0.3 is 4.74 Å². The van der Waals surface area contributed by atoms with E-state index in [1.807, 2.05) is 12.1 Å². The highest BCUT2D eigenvalue weighted by Crippen LogP contribution is 2.21. The number of benzene rings is 2. The van der Waals surface area contributed by atoms with E-state index in [1.54, 1.807) is 36.4 Å². The standard InChI is InChI=1S/C17H11ClO3/c18-13-4-6-14(7-5-13)21-17(20)10-11-1-2-12-3-8-16(19)15(12)9-11/h1-9H,10H2. The smallest absolute Gasteiger partial charge is 0.315 e. The van der Waals surface area contributed by atoms with Crippen LogP contribution in [-0.2, 0) is 11.2 Å². The van der Waals surface area contributed by atoms with Crippen LogP contribution >= 0.6 is 11.6 Å². The average molecular weight is 299 g/mol. The molecular weight excluding hydrogens is 288 g/mol. The van der Waals surface area contributed by atoms with Crippen LogP contribution in [0.5, 0.6) is 5.75 Å². The Balaban J connectivity index is 1.69. The molecule has 2 aromatic carbocycles. The Labute approximate surface area is 126 Å². The van der Waals surface area contributed by atoms with Gasteiger partial charge in [0.15, 0.2) is 5.78 Å². The van der Waals surface area contributed by atoms with E-state index in [0.717, 1.165) is 11.1 Å². The second-order valence-electron chi connectivity index (χ2n) is 4.72. The summed E-state index contributed by atoms with van der Waals surface area (Å²) < 4.78 is 5.22. The SMILES string of the molecule is O=C(Cc1ccc2c(c1)C(=O)C=C2)Oc1ccc(Cl)cc1. The summed E-state index contributed by atoms with van der Waals surface area (Å²) in [6.07, 6.45) is 3.41. The van der Waals surface area contributed by atoms with E-state index in [1.165, 1.54) is 6.08 Å². The van der Waals surface area contributed by atoms with E-state index >= 15 is 0 Å². The first kappa shape index (κ1) is 13.6. The van der Waals surface area contributed by atoms with Crippen molar-refractivity contribution >= 4 is 29.4 Å². The summed E-state index contributed by atoms with van der Waals surface area (Å²) >= 11 is 5.77. The minimum Gasteiger partial charge on any atom is -0.426 e. The Kier molecular flexibility index (Phi) is 3.59. The van der Waals surface area contributed by atoms with Gasteiger partial charge in [-0.1, -0.05) is 29.8 Å². The van der Waals surface area contributed by atoms with Crippen molar-refractivity contribution in [1.82, 2.24) is 0 Å². The minimum absolute atomic E-state index is 0.0297. The summed E-state index contributed by atoms with van der Waals surface area (Å²) in [5.41, 5.74) is 2.27. The van der Waals surface area contributed by atoms with Crippen molar-refractivity contribution in [2.24, 2.45) is 0 Å². The summed E-state index contributed by atoms with van der Waals surface area (Å²) in [5.74, 6) is 0.0388. The molecule has 3 rings (SSSR count). The number of halogens is 1. The number of carbonyl (C=O) groups is 2. The van der Waals surface area contributed by atoms with Crippen LogP contribution in [0, 0.1) is 0 Å². The van der Waals surface area contributed by atoms with E-state index in [-0.39, 0.29) is 18.2 Å². The molecule has 0 N–H and O–H groups in total. The highest BCUT2D eigenvalue weighted by molar-refractivity contribution is 6.30. The number of ether oxygens (including phenoxy) is 1. The van der Waals surface area contributed by atoms with Gasteiger partial charge in [0.25, 0.3) is 0 Å². The molecule has 0 amide bonds. The van der Waals surface area contributed by atoms with Gasteiger partial charge in [-0.25, -0.2) is 0 Å². The summed E-state index contributed by atoms with van der Waals surface area (Å²) in [6.45, 7) is 0. The van der Waals surface area contributed by atoms with Gasteiger partial charge in [-0.15, -0.1) is 0 Å². The van der Waals surface area contributed by atoms with Gasteiger partial charge in [0.05, 0.1) is 6.42 Å². The Morgan fingerprint density at radius 2 is 1.81 bits per heavy atom. The molecule has 104 valence electrons. The van der Waals surface area contributed by atoms with E-state index in [2.05, 4.69) is 0 Å². The molecule has 3 nitrogen and oxygen atoms in total. The number of esters is 1. The van der Waals surface area contributed by atoms with E-state index in [4.69, 9.17) is 16.3 Å². The number of hydrogen-bond acceptors (Lipinski definition) is 3. The van der Waals surface area contributed by atoms with Crippen molar-refractivity contribution < 1.29 is 14.3 Å². The summed E-state index contributed by atoms with van der Waals surface area (Å²) in [5, 5.41) is 0.583. The lowest BCUT2D eigenvalue weighted by Gasteiger charge is -2.06. The lowest BCUT2D eigenvalue weighted by Crippen LogP contribution is -2.11. The first-order valence-electron chi connectivity index (χ1n) is 6.43. The molecular formula is C17H11ClO3. The van der Waals surface area contributed by atoms with Crippen LogP contribution < -0.4 is 4.74 Å². The zero-order valence-electron chi connectivity index (χ0n) is 11.0. The molecule has 21 heavy (non-hydrogen) atoms. The Bertz CT molecular complexity index is 745. The fourth-order valence-electron chi connectivity index (χ4n) is 2.16. The second-order valence-corrected chi connectivity index (χ2v) is 5.16. The molecule has 0 atom stereocenters. The molecule has 0 aromatic heterocycles. The zero-order chi connectivity index (χ0) is 14.8. The minimum atomic E-state index is -0.379. The molecule has 0 bridgehead atoms. The van der Waals surface area contributed by atoms with Gasteiger partial charge in [0.1, 0.15) is 5.75 Å². The largest absolute Gasteiger partial charge is 0.426 e. The third kappa shape index (κ3) is 3.03. The van der Waals surface area contributed by atoms with Crippen LogP contribution in [0.4, 0.5) is 0 Å². The number of rotatable bonds is 3. The Morgan fingerprint density at radius 1 is 1.05 bits per heavy atom. The van der Waals surface area contributed by atoms with Gasteiger partial charge in [-0.05, 0) is 47.5 Å². The summed E-state index contributed by atoms with van der Waals surface area (Å²) in [6, 6.07) is 12.0. The van der Waals surface area contributed by atoms with Crippen LogP contribution in [0.15, 0.2) is 48.5 Å². The molecule has 0 saturated carbocycles. The molecule has 1 aliphatic carbocycles. The first-order chi connectivity index (χ1) is 10.1. The molecule has 0 aliphatic heterocycles. The molecule has 2 aromatic rings. The molecule has 0 radical (unpaired) electrons. The normalized spacial score (nSPS) is 12.3. The van der Waals surface area contributed by atoms with Gasteiger partial charge in [-0.2, -0.15) is 0 Å². The van der Waals surface area contributed by atoms with Crippen molar-refractivity contribution in [1.29, 1.82) is 0 Å². The predicted octanol–water partition coefficient (Wildman–Crippen LogP) is 3.70. The molecule has 0 heterocycles. The van der Waals surface area contributed by atoms with Crippen molar-refractivity contribution in [3.05, 3.63) is 70.3 Å². The summed E-state index contributed by atoms with van der Waals surface area (Å²) in [7, 11) is 0. The summed E-state index contributed by atoms with van der Waals surface area (Å²) in [4.78, 5) is 23.5. The van der Waals surface area contributed by atoms with Crippen LogP contribution in [-0.4, -0.2) is 11.8 Å². The Morgan fingerprint density at radius 3 is 2.57 bits per heavy atom. The first-order valence-corrected chi connectivity index (χ1v) is 6.81. The Hall–Kier alpha value is -2.39. The topological polar surface area (TPSA) is 43.4 Å². The fourth-order valence-corrected chi connectivity index (χ4v) is 2.29. The third-order valence-corrected chi connectivity index (χ3v) is 3.44. The number of carbonyl (C=O) groups excluding carboxylic acids is 2. The monoisotopic (exact) mass is 298 g/mol. The van der Waals surface area contributed by atoms with Gasteiger partial charge in [0.2, 0.25) is 0 Å². The molecule has 1 aliphatic rings. The number of ketones is 1. The van der Waals surface area contributed by atoms with Crippen LogP contribution in [0.2, 0.25) is 5.02 Å². The van der Waals surface area contributed by atoms with E-state index in [0.29, 0.717) is 16.3 Å². The molecule has 0 spiro atoms. The highest BCUT2D eigenvalue weighted by Gasteiger charge is 2.15. The van der Waals surface area contributed by atoms with Crippen LogP contribution in [0.1, 0.15) is 21.5 Å². The predicted molar refractivity (Wildman–Crippen MR) is 80.6 cm³/mol. The molecule has 4 heteroatoms. The molecule has 0 unspecified atom stereocenters. The van der Waals surface area contributed by atoms with Gasteiger partial charge >= 0.3 is 5.97 Å². The number of hydrogen-bond donors (Lipinski definition) is 0. The van der Waals surface area contributed by atoms with Crippen LogP contribution in [0.25, 0.3) is 6.08 Å². The maximum atomic E-state index is 11.9. The second kappa shape index (κ2) is 5.54. The maximum absolute atomic E-state index is 11.9. The van der Waals surface area contributed by atoms with Crippen molar-refractivity contribution in [3.8, 4) is 5.75 Å². The van der Waals surface area contributed by atoms with Crippen LogP contribution in [0.3, 0.4) is 0 Å². The van der Waals surface area contributed by atoms with Crippen molar-refractivity contribution in [3.63, 3.8) is 0 Å². The van der Waals surface area contributed by atoms with E-state index in [9.17, 15) is 9.59 Å². The average Bonchev–Trinajstić information content (AvgIpc) is 2.83. The maximum Gasteiger partial charge on any atom is 0.315 e. The highest BCUT2D eigenvalue weighted by atomic mass is 35.5. The van der Waals surface area contributed by atoms with Gasteiger partial charge in [0, 0.05) is 10.6 Å². The zero-order valence-corrected chi connectivity index (χ0v) is 11.8. The third-order valence-electron chi connectivity index (χ3n) is 3.19. The van der Waals surface area contributed by atoms with Gasteiger partial charge in [-0.3, -0.25) is 9.59 Å². The fraction of sp³-hybridized carbons (Fsp3) is 0.0588. The number of fused-ring (bicyclic) bond motifs is 1. The van der Waals surface area contributed by atoms with E-state index < -0.39 is 0 Å². The lowest BCUT2D eigenvalue weighted by atomic mass is 10.0.